The monoisotopic (exact) mass is 286 g/mol. The highest BCUT2D eigenvalue weighted by atomic mass is 35.5. The summed E-state index contributed by atoms with van der Waals surface area (Å²) in [6.45, 7) is 2.74. The Morgan fingerprint density at radius 3 is 2.47 bits per heavy atom. The molecule has 0 radical (unpaired) electrons. The molecular weight excluding hydrogens is 268 g/mol. The van der Waals surface area contributed by atoms with Crippen LogP contribution in [0.1, 0.15) is 0 Å². The molecule has 0 aliphatic carbocycles. The lowest BCUT2D eigenvalue weighted by atomic mass is 10.0. The van der Waals surface area contributed by atoms with Gasteiger partial charge in [0.15, 0.2) is 6.61 Å². The number of halogens is 1. The number of amides is 1. The molecule has 0 aromatic heterocycles. The molecule has 0 unspecified atom stereocenters. The Bertz CT molecular complexity index is 393. The van der Waals surface area contributed by atoms with Crippen LogP contribution in [0.4, 0.5) is 0 Å². The average Bonchev–Trinajstić information content (AvgIpc) is 2.35. The normalized spacial score (nSPS) is 13.9. The van der Waals surface area contributed by atoms with Crippen molar-refractivity contribution in [2.75, 3.05) is 33.4 Å². The van der Waals surface area contributed by atoms with Crippen molar-refractivity contribution in [2.24, 2.45) is 5.92 Å². The minimum Gasteiger partial charge on any atom is -0.497 e. The number of rotatable bonds is 6. The molecule has 1 saturated heterocycles. The van der Waals surface area contributed by atoms with Crippen LogP contribution >= 0.6 is 12.4 Å². The van der Waals surface area contributed by atoms with E-state index in [0.29, 0.717) is 11.7 Å². The van der Waals surface area contributed by atoms with E-state index >= 15 is 0 Å². The zero-order valence-electron chi connectivity index (χ0n) is 10.8. The van der Waals surface area contributed by atoms with E-state index in [1.54, 1.807) is 31.4 Å². The van der Waals surface area contributed by atoms with E-state index in [1.807, 2.05) is 0 Å². The molecule has 2 rings (SSSR count). The lowest BCUT2D eigenvalue weighted by molar-refractivity contribution is -0.123. The first-order chi connectivity index (χ1) is 8.78. The van der Waals surface area contributed by atoms with Gasteiger partial charge in [-0.3, -0.25) is 4.79 Å². The highest BCUT2D eigenvalue weighted by Gasteiger charge is 2.17. The van der Waals surface area contributed by atoms with Gasteiger partial charge in [-0.1, -0.05) is 0 Å². The van der Waals surface area contributed by atoms with Crippen LogP contribution in [-0.4, -0.2) is 39.3 Å². The summed E-state index contributed by atoms with van der Waals surface area (Å²) in [6.07, 6.45) is 0. The van der Waals surface area contributed by atoms with E-state index in [0.717, 1.165) is 25.4 Å². The van der Waals surface area contributed by atoms with Crippen molar-refractivity contribution in [2.45, 2.75) is 0 Å². The van der Waals surface area contributed by atoms with Gasteiger partial charge in [0, 0.05) is 25.6 Å². The van der Waals surface area contributed by atoms with E-state index < -0.39 is 0 Å². The van der Waals surface area contributed by atoms with E-state index in [2.05, 4.69) is 10.6 Å². The predicted octanol–water partition coefficient (Wildman–Crippen LogP) is 0.831. The first-order valence-electron chi connectivity index (χ1n) is 6.02. The second-order valence-corrected chi connectivity index (χ2v) is 4.29. The number of benzene rings is 1. The molecule has 1 aliphatic rings. The van der Waals surface area contributed by atoms with Gasteiger partial charge in [0.05, 0.1) is 7.11 Å². The molecule has 0 saturated carbocycles. The fourth-order valence-electron chi connectivity index (χ4n) is 1.62. The molecule has 0 spiro atoms. The lowest BCUT2D eigenvalue weighted by Crippen LogP contribution is -2.48. The summed E-state index contributed by atoms with van der Waals surface area (Å²) in [5, 5.41) is 6.01. The Kier molecular flexibility index (Phi) is 6.45. The van der Waals surface area contributed by atoms with Gasteiger partial charge in [0.25, 0.3) is 5.91 Å². The minimum atomic E-state index is -0.0854. The molecule has 5 nitrogen and oxygen atoms in total. The summed E-state index contributed by atoms with van der Waals surface area (Å²) >= 11 is 0. The Morgan fingerprint density at radius 2 is 1.95 bits per heavy atom. The van der Waals surface area contributed by atoms with Gasteiger partial charge >= 0.3 is 0 Å². The van der Waals surface area contributed by atoms with Gasteiger partial charge in [0.2, 0.25) is 0 Å². The number of carbonyl (C=O) groups is 1. The second kappa shape index (κ2) is 7.86. The minimum absolute atomic E-state index is 0. The third-order valence-corrected chi connectivity index (χ3v) is 2.88. The first kappa shape index (κ1) is 15.6. The molecule has 0 bridgehead atoms. The molecule has 1 fully saturated rings. The van der Waals surface area contributed by atoms with E-state index in [1.165, 1.54) is 0 Å². The molecule has 1 heterocycles. The molecule has 0 atom stereocenters. The molecule has 6 heteroatoms. The largest absolute Gasteiger partial charge is 0.497 e. The summed E-state index contributed by atoms with van der Waals surface area (Å²) < 4.78 is 10.4. The maximum absolute atomic E-state index is 11.5. The first-order valence-corrected chi connectivity index (χ1v) is 6.02. The molecule has 1 aliphatic heterocycles. The molecule has 2 N–H and O–H groups in total. The second-order valence-electron chi connectivity index (χ2n) is 4.29. The van der Waals surface area contributed by atoms with Crippen molar-refractivity contribution in [3.8, 4) is 11.5 Å². The van der Waals surface area contributed by atoms with Crippen LogP contribution in [0.15, 0.2) is 24.3 Å². The highest BCUT2D eigenvalue weighted by molar-refractivity contribution is 5.85. The number of hydrogen-bond acceptors (Lipinski definition) is 4. The van der Waals surface area contributed by atoms with E-state index in [9.17, 15) is 4.79 Å². The van der Waals surface area contributed by atoms with Gasteiger partial charge in [-0.25, -0.2) is 0 Å². The van der Waals surface area contributed by atoms with Crippen LogP contribution in [0.25, 0.3) is 0 Å². The molecule has 1 aromatic rings. The fourth-order valence-corrected chi connectivity index (χ4v) is 1.62. The van der Waals surface area contributed by atoms with Crippen LogP contribution in [-0.2, 0) is 4.79 Å². The van der Waals surface area contributed by atoms with Crippen LogP contribution in [0.5, 0.6) is 11.5 Å². The molecule has 19 heavy (non-hydrogen) atoms. The summed E-state index contributed by atoms with van der Waals surface area (Å²) in [7, 11) is 1.61. The maximum Gasteiger partial charge on any atom is 0.257 e. The Morgan fingerprint density at radius 1 is 1.32 bits per heavy atom. The summed E-state index contributed by atoms with van der Waals surface area (Å²) in [4.78, 5) is 11.5. The molecule has 106 valence electrons. The quantitative estimate of drug-likeness (QED) is 0.813. The Hall–Kier alpha value is -1.46. The van der Waals surface area contributed by atoms with E-state index in [-0.39, 0.29) is 24.9 Å². The SMILES string of the molecule is COc1ccc(OCC(=O)NCC2CNC2)cc1.Cl. The number of ether oxygens (including phenoxy) is 2. The summed E-state index contributed by atoms with van der Waals surface area (Å²) in [5.74, 6) is 1.91. The van der Waals surface area contributed by atoms with Gasteiger partial charge in [-0.2, -0.15) is 0 Å². The third kappa shape index (κ3) is 4.96. The molecular formula is C13H19ClN2O3. The topological polar surface area (TPSA) is 59.6 Å². The van der Waals surface area contributed by atoms with Crippen LogP contribution in [0.2, 0.25) is 0 Å². The number of hydrogen-bond donors (Lipinski definition) is 2. The summed E-state index contributed by atoms with van der Waals surface area (Å²) in [6, 6.07) is 7.16. The van der Waals surface area contributed by atoms with Gasteiger partial charge < -0.3 is 20.1 Å². The number of nitrogens with one attached hydrogen (secondary N) is 2. The molecule has 1 amide bonds. The Balaban J connectivity index is 0.00000180. The maximum atomic E-state index is 11.5. The molecule has 1 aromatic carbocycles. The fraction of sp³-hybridized carbons (Fsp3) is 0.462. The Labute approximate surface area is 119 Å². The van der Waals surface area contributed by atoms with Crippen LogP contribution < -0.4 is 20.1 Å². The van der Waals surface area contributed by atoms with Gasteiger partial charge in [-0.15, -0.1) is 12.4 Å². The van der Waals surface area contributed by atoms with E-state index in [4.69, 9.17) is 9.47 Å². The standard InChI is InChI=1S/C13H18N2O3.ClH/c1-17-11-2-4-12(5-3-11)18-9-13(16)15-8-10-6-14-7-10;/h2-5,10,14H,6-9H2,1H3,(H,15,16);1H. The van der Waals surface area contributed by atoms with Crippen molar-refractivity contribution >= 4 is 18.3 Å². The highest BCUT2D eigenvalue weighted by Crippen LogP contribution is 2.16. The van der Waals surface area contributed by atoms with Gasteiger partial charge in [-0.05, 0) is 24.3 Å². The predicted molar refractivity (Wildman–Crippen MR) is 75.1 cm³/mol. The zero-order valence-corrected chi connectivity index (χ0v) is 11.7. The average molecular weight is 287 g/mol. The van der Waals surface area contributed by atoms with Crippen LogP contribution in [0, 0.1) is 5.92 Å². The van der Waals surface area contributed by atoms with Crippen molar-refractivity contribution < 1.29 is 14.3 Å². The summed E-state index contributed by atoms with van der Waals surface area (Å²) in [5.41, 5.74) is 0. The number of methoxy groups -OCH3 is 1. The smallest absolute Gasteiger partial charge is 0.257 e. The van der Waals surface area contributed by atoms with Crippen molar-refractivity contribution in [3.63, 3.8) is 0 Å². The third-order valence-electron chi connectivity index (χ3n) is 2.88. The van der Waals surface area contributed by atoms with Gasteiger partial charge in [0.1, 0.15) is 11.5 Å². The van der Waals surface area contributed by atoms with Crippen molar-refractivity contribution in [1.82, 2.24) is 10.6 Å². The van der Waals surface area contributed by atoms with Crippen molar-refractivity contribution in [3.05, 3.63) is 24.3 Å². The van der Waals surface area contributed by atoms with Crippen LogP contribution in [0.3, 0.4) is 0 Å². The zero-order chi connectivity index (χ0) is 12.8. The number of carbonyl (C=O) groups excluding carboxylic acids is 1. The van der Waals surface area contributed by atoms with Crippen molar-refractivity contribution in [1.29, 1.82) is 0 Å². The lowest BCUT2D eigenvalue weighted by Gasteiger charge is -2.27.